The topological polar surface area (TPSA) is 96.5 Å². The minimum absolute atomic E-state index is 0.229. The standard InChI is InChI=1S/C22H24BrN5O3S/c1-14(2)32(29,30)20-7-5-4-6-17(20)26-21-16(23)13-24-22(27-21)25-15-8-9-19-18(12-15)28(3)10-11-31-19/h4-9,12-14H,10-11H2,1-3H3,(H2,24,25,26,27). The van der Waals surface area contributed by atoms with Crippen LogP contribution in [0.5, 0.6) is 5.75 Å². The molecular weight excluding hydrogens is 494 g/mol. The summed E-state index contributed by atoms with van der Waals surface area (Å²) in [5.74, 6) is 1.66. The Labute approximate surface area is 196 Å². The number of anilines is 5. The molecule has 2 heterocycles. The first kappa shape index (κ1) is 22.3. The molecule has 3 aromatic rings. The SMILES string of the molecule is CC(C)S(=O)(=O)c1ccccc1Nc1nc(Nc2ccc3c(c2)N(C)CCO3)ncc1Br. The number of aromatic nitrogens is 2. The van der Waals surface area contributed by atoms with Crippen molar-refractivity contribution in [3.8, 4) is 5.75 Å². The lowest BCUT2D eigenvalue weighted by atomic mass is 10.2. The predicted octanol–water partition coefficient (Wildman–Crippen LogP) is 4.74. The average molecular weight is 518 g/mol. The first-order chi connectivity index (χ1) is 15.3. The Balaban J connectivity index is 1.62. The molecule has 0 fully saturated rings. The lowest BCUT2D eigenvalue weighted by Gasteiger charge is -2.28. The number of hydrogen-bond donors (Lipinski definition) is 2. The van der Waals surface area contributed by atoms with Gasteiger partial charge in [-0.25, -0.2) is 13.4 Å². The fraction of sp³-hybridized carbons (Fsp3) is 0.273. The highest BCUT2D eigenvalue weighted by Crippen LogP contribution is 2.34. The van der Waals surface area contributed by atoms with Crippen LogP contribution in [-0.4, -0.2) is 43.8 Å². The van der Waals surface area contributed by atoms with Crippen LogP contribution in [0.2, 0.25) is 0 Å². The van der Waals surface area contributed by atoms with Crippen LogP contribution in [0.3, 0.4) is 0 Å². The second-order valence-corrected chi connectivity index (χ2v) is 11.0. The Bertz CT molecular complexity index is 1250. The summed E-state index contributed by atoms with van der Waals surface area (Å²) in [6, 6.07) is 12.6. The van der Waals surface area contributed by atoms with E-state index < -0.39 is 15.1 Å². The van der Waals surface area contributed by atoms with Crippen molar-refractivity contribution < 1.29 is 13.2 Å². The summed E-state index contributed by atoms with van der Waals surface area (Å²) < 4.78 is 31.8. The van der Waals surface area contributed by atoms with E-state index in [0.717, 1.165) is 23.7 Å². The van der Waals surface area contributed by atoms with Gasteiger partial charge in [-0.1, -0.05) is 12.1 Å². The molecule has 0 amide bonds. The Morgan fingerprint density at radius 1 is 1.16 bits per heavy atom. The number of para-hydroxylation sites is 1. The number of hydrogen-bond acceptors (Lipinski definition) is 8. The summed E-state index contributed by atoms with van der Waals surface area (Å²) in [5.41, 5.74) is 2.26. The van der Waals surface area contributed by atoms with Crippen LogP contribution in [0.15, 0.2) is 58.0 Å². The largest absolute Gasteiger partial charge is 0.490 e. The monoisotopic (exact) mass is 517 g/mol. The Morgan fingerprint density at radius 2 is 1.94 bits per heavy atom. The van der Waals surface area contributed by atoms with E-state index in [-0.39, 0.29) is 4.90 Å². The summed E-state index contributed by atoms with van der Waals surface area (Å²) in [6.45, 7) is 4.80. The van der Waals surface area contributed by atoms with Crippen LogP contribution >= 0.6 is 15.9 Å². The van der Waals surface area contributed by atoms with Gasteiger partial charge in [0.05, 0.1) is 32.5 Å². The van der Waals surface area contributed by atoms with Gasteiger partial charge in [-0.05, 0) is 60.1 Å². The van der Waals surface area contributed by atoms with Crippen LogP contribution in [0, 0.1) is 0 Å². The van der Waals surface area contributed by atoms with Gasteiger partial charge in [0.15, 0.2) is 9.84 Å². The van der Waals surface area contributed by atoms with E-state index in [0.29, 0.717) is 28.5 Å². The molecule has 1 aromatic heterocycles. The molecule has 0 spiro atoms. The van der Waals surface area contributed by atoms with Gasteiger partial charge in [0, 0.05) is 18.9 Å². The zero-order chi connectivity index (χ0) is 22.9. The molecule has 4 rings (SSSR count). The molecule has 0 unspecified atom stereocenters. The van der Waals surface area contributed by atoms with E-state index in [1.165, 1.54) is 0 Å². The Hall–Kier alpha value is -2.85. The second-order valence-electron chi connectivity index (χ2n) is 7.68. The van der Waals surface area contributed by atoms with Crippen molar-refractivity contribution in [3.63, 3.8) is 0 Å². The zero-order valence-corrected chi connectivity index (χ0v) is 20.4. The molecule has 168 valence electrons. The predicted molar refractivity (Wildman–Crippen MR) is 130 cm³/mol. The maximum atomic E-state index is 12.8. The van der Waals surface area contributed by atoms with Gasteiger partial charge in [-0.2, -0.15) is 4.98 Å². The molecule has 1 aliphatic heterocycles. The molecule has 0 saturated heterocycles. The maximum Gasteiger partial charge on any atom is 0.229 e. The zero-order valence-electron chi connectivity index (χ0n) is 18.0. The van der Waals surface area contributed by atoms with E-state index >= 15 is 0 Å². The molecule has 8 nitrogen and oxygen atoms in total. The average Bonchev–Trinajstić information content (AvgIpc) is 2.77. The number of benzene rings is 2. The lowest BCUT2D eigenvalue weighted by Crippen LogP contribution is -2.28. The summed E-state index contributed by atoms with van der Waals surface area (Å²) in [4.78, 5) is 11.2. The van der Waals surface area contributed by atoms with Crippen LogP contribution in [0.25, 0.3) is 0 Å². The number of sulfone groups is 1. The molecule has 2 N–H and O–H groups in total. The highest BCUT2D eigenvalue weighted by molar-refractivity contribution is 9.10. The van der Waals surface area contributed by atoms with Gasteiger partial charge in [0.1, 0.15) is 18.2 Å². The minimum Gasteiger partial charge on any atom is -0.490 e. The second kappa shape index (κ2) is 8.95. The summed E-state index contributed by atoms with van der Waals surface area (Å²) in [6.07, 6.45) is 1.62. The van der Waals surface area contributed by atoms with Crippen LogP contribution in [-0.2, 0) is 9.84 Å². The fourth-order valence-electron chi connectivity index (χ4n) is 3.27. The molecule has 0 saturated carbocycles. The first-order valence-electron chi connectivity index (χ1n) is 10.1. The van der Waals surface area contributed by atoms with Crippen molar-refractivity contribution in [2.45, 2.75) is 24.0 Å². The fourth-order valence-corrected chi connectivity index (χ4v) is 4.76. The van der Waals surface area contributed by atoms with Crippen molar-refractivity contribution in [1.82, 2.24) is 9.97 Å². The molecule has 0 radical (unpaired) electrons. The summed E-state index contributed by atoms with van der Waals surface area (Å²) >= 11 is 3.45. The molecule has 0 aliphatic carbocycles. The van der Waals surface area contributed by atoms with Gasteiger partial charge in [0.2, 0.25) is 5.95 Å². The summed E-state index contributed by atoms with van der Waals surface area (Å²) in [5, 5.41) is 5.81. The van der Waals surface area contributed by atoms with Crippen LogP contribution in [0.1, 0.15) is 13.8 Å². The van der Waals surface area contributed by atoms with Crippen LogP contribution in [0.4, 0.5) is 28.8 Å². The number of nitrogens with one attached hydrogen (secondary N) is 2. The number of ether oxygens (including phenoxy) is 1. The van der Waals surface area contributed by atoms with Crippen molar-refractivity contribution >= 4 is 54.6 Å². The Morgan fingerprint density at radius 3 is 2.72 bits per heavy atom. The van der Waals surface area contributed by atoms with Crippen molar-refractivity contribution in [3.05, 3.63) is 53.1 Å². The van der Waals surface area contributed by atoms with Gasteiger partial charge >= 0.3 is 0 Å². The van der Waals surface area contributed by atoms with Gasteiger partial charge in [-0.15, -0.1) is 0 Å². The normalized spacial score (nSPS) is 13.5. The number of fused-ring (bicyclic) bond motifs is 1. The quantitative estimate of drug-likeness (QED) is 0.483. The van der Waals surface area contributed by atoms with Gasteiger partial charge < -0.3 is 20.3 Å². The number of rotatable bonds is 6. The van der Waals surface area contributed by atoms with E-state index in [4.69, 9.17) is 4.74 Å². The molecular formula is C22H24BrN5O3S. The van der Waals surface area contributed by atoms with Gasteiger partial charge in [-0.3, -0.25) is 0 Å². The van der Waals surface area contributed by atoms with E-state index in [1.807, 2.05) is 25.2 Å². The van der Waals surface area contributed by atoms with E-state index in [9.17, 15) is 8.42 Å². The maximum absolute atomic E-state index is 12.8. The first-order valence-corrected chi connectivity index (χ1v) is 12.5. The number of nitrogens with zero attached hydrogens (tertiary/aromatic N) is 3. The molecule has 2 aromatic carbocycles. The summed E-state index contributed by atoms with van der Waals surface area (Å²) in [7, 11) is -1.45. The third kappa shape index (κ3) is 4.51. The molecule has 32 heavy (non-hydrogen) atoms. The van der Waals surface area contributed by atoms with E-state index in [1.54, 1.807) is 44.3 Å². The number of halogens is 1. The lowest BCUT2D eigenvalue weighted by molar-refractivity contribution is 0.311. The molecule has 10 heteroatoms. The number of likely N-dealkylation sites (N-methyl/N-ethyl adjacent to an activating group) is 1. The van der Waals surface area contributed by atoms with Crippen molar-refractivity contribution in [1.29, 1.82) is 0 Å². The minimum atomic E-state index is -3.47. The molecule has 0 atom stereocenters. The highest BCUT2D eigenvalue weighted by Gasteiger charge is 2.23. The Kier molecular flexibility index (Phi) is 6.25. The smallest absolute Gasteiger partial charge is 0.229 e. The van der Waals surface area contributed by atoms with Crippen LogP contribution < -0.4 is 20.3 Å². The van der Waals surface area contributed by atoms with Crippen molar-refractivity contribution in [2.75, 3.05) is 35.7 Å². The molecule has 1 aliphatic rings. The van der Waals surface area contributed by atoms with Crippen molar-refractivity contribution in [2.24, 2.45) is 0 Å². The molecule has 0 bridgehead atoms. The highest BCUT2D eigenvalue weighted by atomic mass is 79.9. The van der Waals surface area contributed by atoms with E-state index in [2.05, 4.69) is 41.4 Å². The third-order valence-corrected chi connectivity index (χ3v) is 7.91. The van der Waals surface area contributed by atoms with Gasteiger partial charge in [0.25, 0.3) is 0 Å². The third-order valence-electron chi connectivity index (χ3n) is 5.12.